The van der Waals surface area contributed by atoms with Crippen molar-refractivity contribution in [1.82, 2.24) is 10.2 Å². The third-order valence-corrected chi connectivity index (χ3v) is 5.56. The van der Waals surface area contributed by atoms with Gasteiger partial charge in [-0.3, -0.25) is 14.5 Å². The molecule has 1 atom stereocenters. The van der Waals surface area contributed by atoms with Crippen LogP contribution in [-0.4, -0.2) is 35.0 Å². The van der Waals surface area contributed by atoms with Gasteiger partial charge in [-0.2, -0.15) is 8.78 Å². The number of imide groups is 1. The van der Waals surface area contributed by atoms with Gasteiger partial charge in [0.05, 0.1) is 0 Å². The minimum Gasteiger partial charge on any atom is -0.325 e. The van der Waals surface area contributed by atoms with E-state index in [-0.39, 0.29) is 0 Å². The third-order valence-electron chi connectivity index (χ3n) is 4.34. The molecule has 152 valence electrons. The summed E-state index contributed by atoms with van der Waals surface area (Å²) in [6, 6.07) is 12.2. The molecule has 6 nitrogen and oxygen atoms in total. The van der Waals surface area contributed by atoms with Gasteiger partial charge in [0.15, 0.2) is 0 Å². The van der Waals surface area contributed by atoms with Gasteiger partial charge in [-0.25, -0.2) is 4.79 Å². The number of carbonyl (C=O) groups excluding carboxylic acids is 3. The highest BCUT2D eigenvalue weighted by Gasteiger charge is 2.49. The molecule has 0 aromatic heterocycles. The van der Waals surface area contributed by atoms with Crippen LogP contribution in [0.4, 0.5) is 19.3 Å². The van der Waals surface area contributed by atoms with Gasteiger partial charge in [-0.05, 0) is 48.9 Å². The predicted octanol–water partition coefficient (Wildman–Crippen LogP) is 4.17. The molecule has 10 heteroatoms. The van der Waals surface area contributed by atoms with Crippen LogP contribution >= 0.6 is 27.7 Å². The summed E-state index contributed by atoms with van der Waals surface area (Å²) in [6.45, 7) is 1.11. The number of hydrogen-bond donors (Lipinski definition) is 2. The van der Waals surface area contributed by atoms with Crippen molar-refractivity contribution in [3.63, 3.8) is 0 Å². The average Bonchev–Trinajstić information content (AvgIpc) is 2.87. The maximum absolute atomic E-state index is 12.9. The second-order valence-corrected chi connectivity index (χ2v) is 8.39. The maximum Gasteiger partial charge on any atom is 0.325 e. The molecule has 0 bridgehead atoms. The number of hydrogen-bond acceptors (Lipinski definition) is 4. The molecule has 2 aromatic rings. The van der Waals surface area contributed by atoms with Gasteiger partial charge in [0.25, 0.3) is 11.7 Å². The Kier molecular flexibility index (Phi) is 6.23. The van der Waals surface area contributed by atoms with Crippen molar-refractivity contribution >= 4 is 51.2 Å². The summed E-state index contributed by atoms with van der Waals surface area (Å²) in [6.07, 6.45) is 0. The number of anilines is 1. The molecule has 1 saturated heterocycles. The molecule has 3 rings (SSSR count). The zero-order valence-corrected chi connectivity index (χ0v) is 17.5. The van der Waals surface area contributed by atoms with Crippen LogP contribution in [0.15, 0.2) is 57.9 Å². The second kappa shape index (κ2) is 8.50. The molecule has 0 radical (unpaired) electrons. The number of urea groups is 1. The highest BCUT2D eigenvalue weighted by molar-refractivity contribution is 9.10. The van der Waals surface area contributed by atoms with Crippen LogP contribution in [-0.2, 0) is 15.1 Å². The number of nitrogens with one attached hydrogen (secondary N) is 2. The van der Waals surface area contributed by atoms with E-state index in [1.54, 1.807) is 31.2 Å². The molecule has 1 fully saturated rings. The van der Waals surface area contributed by atoms with E-state index in [4.69, 9.17) is 0 Å². The summed E-state index contributed by atoms with van der Waals surface area (Å²) < 4.78 is 25.5. The van der Waals surface area contributed by atoms with E-state index in [2.05, 4.69) is 26.6 Å². The van der Waals surface area contributed by atoms with E-state index in [1.165, 1.54) is 24.3 Å². The van der Waals surface area contributed by atoms with Crippen LogP contribution in [0.25, 0.3) is 0 Å². The van der Waals surface area contributed by atoms with Crippen molar-refractivity contribution in [2.75, 3.05) is 11.9 Å². The molecule has 2 aromatic carbocycles. The fourth-order valence-electron chi connectivity index (χ4n) is 2.90. The van der Waals surface area contributed by atoms with Crippen LogP contribution in [0.1, 0.15) is 12.5 Å². The van der Waals surface area contributed by atoms with Crippen LogP contribution in [0.3, 0.4) is 0 Å². The monoisotopic (exact) mass is 483 g/mol. The first kappa shape index (κ1) is 21.3. The lowest BCUT2D eigenvalue weighted by Crippen LogP contribution is -2.42. The fraction of sp³-hybridized carbons (Fsp3) is 0.211. The number of benzene rings is 2. The predicted molar refractivity (Wildman–Crippen MR) is 109 cm³/mol. The molecule has 1 aliphatic rings. The summed E-state index contributed by atoms with van der Waals surface area (Å²) in [5.74, 6) is -3.66. The smallest absolute Gasteiger partial charge is 0.325 e. The first-order valence-corrected chi connectivity index (χ1v) is 10.1. The average molecular weight is 484 g/mol. The highest BCUT2D eigenvalue weighted by Crippen LogP contribution is 2.30. The van der Waals surface area contributed by atoms with Crippen LogP contribution in [0.5, 0.6) is 0 Å². The van der Waals surface area contributed by atoms with Crippen molar-refractivity contribution in [1.29, 1.82) is 0 Å². The molecule has 0 spiro atoms. The lowest BCUT2D eigenvalue weighted by Gasteiger charge is -2.22. The number of carbonyl (C=O) groups is 3. The molecule has 0 aliphatic carbocycles. The Morgan fingerprint density at radius 2 is 1.93 bits per heavy atom. The van der Waals surface area contributed by atoms with Crippen molar-refractivity contribution in [3.05, 3.63) is 58.6 Å². The minimum absolute atomic E-state index is 0.358. The Labute approximate surface area is 178 Å². The van der Waals surface area contributed by atoms with Crippen molar-refractivity contribution < 1.29 is 23.2 Å². The van der Waals surface area contributed by atoms with Crippen LogP contribution < -0.4 is 10.6 Å². The number of nitrogens with zero attached hydrogens (tertiary/aromatic N) is 1. The van der Waals surface area contributed by atoms with E-state index >= 15 is 0 Å². The number of amides is 4. The minimum atomic E-state index is -2.53. The van der Waals surface area contributed by atoms with Crippen LogP contribution in [0, 0.1) is 0 Å². The van der Waals surface area contributed by atoms with Gasteiger partial charge < -0.3 is 10.6 Å². The largest absolute Gasteiger partial charge is 0.325 e. The summed E-state index contributed by atoms with van der Waals surface area (Å²) in [4.78, 5) is 38.7. The zero-order chi connectivity index (χ0) is 21.2. The molecular formula is C19H16BrF2N3O3S. The molecule has 4 amide bonds. The van der Waals surface area contributed by atoms with E-state index in [1.807, 2.05) is 0 Å². The Hall–Kier alpha value is -2.46. The summed E-state index contributed by atoms with van der Waals surface area (Å²) in [5, 5.41) is 5.18. The standard InChI is InChI=1S/C19H16BrF2N3O3S/c1-19(11-3-2-4-12(20)9-11)16(27)25(18(28)24-19)10-15(26)23-13-5-7-14(8-6-13)29-17(21)22/h2-9,17H,10H2,1H3,(H,23,26)(H,24,28)/t19-/m1/s1. The van der Waals surface area contributed by atoms with Gasteiger partial charge in [0, 0.05) is 15.1 Å². The summed E-state index contributed by atoms with van der Waals surface area (Å²) in [7, 11) is 0. The molecular weight excluding hydrogens is 468 g/mol. The fourth-order valence-corrected chi connectivity index (χ4v) is 3.80. The van der Waals surface area contributed by atoms with Gasteiger partial charge in [-0.1, -0.05) is 39.8 Å². The van der Waals surface area contributed by atoms with Gasteiger partial charge >= 0.3 is 6.03 Å². The lowest BCUT2D eigenvalue weighted by atomic mass is 9.92. The molecule has 2 N–H and O–H groups in total. The molecule has 29 heavy (non-hydrogen) atoms. The maximum atomic E-state index is 12.9. The number of halogens is 3. The first-order valence-electron chi connectivity index (χ1n) is 8.44. The Morgan fingerprint density at radius 3 is 2.55 bits per heavy atom. The lowest BCUT2D eigenvalue weighted by molar-refractivity contribution is -0.133. The second-order valence-electron chi connectivity index (χ2n) is 6.41. The van der Waals surface area contributed by atoms with Crippen molar-refractivity contribution in [3.8, 4) is 0 Å². The van der Waals surface area contributed by atoms with Gasteiger partial charge in [0.1, 0.15) is 12.1 Å². The van der Waals surface area contributed by atoms with E-state index < -0.39 is 35.7 Å². The van der Waals surface area contributed by atoms with Crippen LogP contribution in [0.2, 0.25) is 0 Å². The van der Waals surface area contributed by atoms with E-state index in [9.17, 15) is 23.2 Å². The Balaban J connectivity index is 1.67. The topological polar surface area (TPSA) is 78.5 Å². The molecule has 1 aliphatic heterocycles. The first-order chi connectivity index (χ1) is 13.7. The van der Waals surface area contributed by atoms with E-state index in [0.717, 1.165) is 9.37 Å². The molecule has 0 unspecified atom stereocenters. The molecule has 1 heterocycles. The number of thioether (sulfide) groups is 1. The van der Waals surface area contributed by atoms with Gasteiger partial charge in [-0.15, -0.1) is 0 Å². The quantitative estimate of drug-likeness (QED) is 0.477. The number of alkyl halides is 2. The van der Waals surface area contributed by atoms with Crippen molar-refractivity contribution in [2.45, 2.75) is 23.1 Å². The normalized spacial score (nSPS) is 18.9. The Bertz CT molecular complexity index is 958. The summed E-state index contributed by atoms with van der Waals surface area (Å²) >= 11 is 3.73. The third kappa shape index (κ3) is 4.76. The highest BCUT2D eigenvalue weighted by atomic mass is 79.9. The SMILES string of the molecule is C[C@]1(c2cccc(Br)c2)NC(=O)N(CC(=O)Nc2ccc(SC(F)F)cc2)C1=O. The summed E-state index contributed by atoms with van der Waals surface area (Å²) in [5.41, 5.74) is -0.328. The van der Waals surface area contributed by atoms with Gasteiger partial charge in [0.2, 0.25) is 5.91 Å². The Morgan fingerprint density at radius 1 is 1.24 bits per heavy atom. The molecule has 0 saturated carbocycles. The van der Waals surface area contributed by atoms with E-state index in [0.29, 0.717) is 27.9 Å². The number of rotatable bonds is 6. The van der Waals surface area contributed by atoms with Crippen molar-refractivity contribution in [2.24, 2.45) is 0 Å². The zero-order valence-electron chi connectivity index (χ0n) is 15.1.